The van der Waals surface area contributed by atoms with Crippen molar-refractivity contribution in [3.05, 3.63) is 42.4 Å². The number of carboxylic acid groups (broad SMARTS) is 1. The zero-order valence-corrected chi connectivity index (χ0v) is 14.7. The van der Waals surface area contributed by atoms with Gasteiger partial charge in [0.1, 0.15) is 0 Å². The first-order chi connectivity index (χ1) is 12.5. The lowest BCUT2D eigenvalue weighted by Crippen LogP contribution is -2.47. The van der Waals surface area contributed by atoms with E-state index < -0.39 is 11.9 Å². The van der Waals surface area contributed by atoms with E-state index in [2.05, 4.69) is 15.4 Å². The average Bonchev–Trinajstić information content (AvgIpc) is 3.07. The fraction of sp³-hybridized carbons (Fsp3) is 0.444. The Morgan fingerprint density at radius 2 is 2.04 bits per heavy atom. The van der Waals surface area contributed by atoms with E-state index in [1.165, 1.54) is 5.56 Å². The van der Waals surface area contributed by atoms with Crippen LogP contribution in [-0.4, -0.2) is 49.9 Å². The van der Waals surface area contributed by atoms with Crippen LogP contribution in [0.3, 0.4) is 0 Å². The zero-order valence-electron chi connectivity index (χ0n) is 14.7. The van der Waals surface area contributed by atoms with Crippen molar-refractivity contribution in [3.8, 4) is 0 Å². The molecule has 0 saturated carbocycles. The average molecular weight is 357 g/mol. The molecular weight excluding hydrogens is 334 g/mol. The van der Waals surface area contributed by atoms with E-state index in [0.717, 1.165) is 6.42 Å². The van der Waals surface area contributed by atoms with Gasteiger partial charge < -0.3 is 10.0 Å². The molecular formula is C18H23N5O3. The minimum Gasteiger partial charge on any atom is -0.481 e. The summed E-state index contributed by atoms with van der Waals surface area (Å²) in [6.07, 6.45) is 6.75. The quantitative estimate of drug-likeness (QED) is 0.853. The van der Waals surface area contributed by atoms with Gasteiger partial charge in [-0.3, -0.25) is 19.8 Å². The Kier molecular flexibility index (Phi) is 5.50. The highest BCUT2D eigenvalue weighted by Crippen LogP contribution is 2.22. The number of nitrogens with one attached hydrogen (secondary N) is 1. The predicted molar refractivity (Wildman–Crippen MR) is 95.7 cm³/mol. The normalized spacial score (nSPS) is 20.0. The maximum atomic E-state index is 12.4. The summed E-state index contributed by atoms with van der Waals surface area (Å²) in [7, 11) is 0. The fourth-order valence-corrected chi connectivity index (χ4v) is 3.23. The minimum atomic E-state index is -0.852. The number of likely N-dealkylation sites (tertiary alicyclic amines) is 1. The SMILES string of the molecule is CC1CC(C(=O)O)CN(C(=O)Nc2ccn(CCc3ccncc3)n2)C1. The smallest absolute Gasteiger partial charge is 0.323 e. The standard InChI is InChI=1S/C18H23N5O3/c1-13-10-15(17(24)25)12-22(11-13)18(26)20-16-5-9-23(21-16)8-4-14-2-6-19-7-3-14/h2-3,5-7,9,13,15H,4,8,10-12H2,1H3,(H,24,25)(H,20,21,26). The lowest BCUT2D eigenvalue weighted by molar-refractivity contribution is -0.143. The number of anilines is 1. The van der Waals surface area contributed by atoms with Gasteiger partial charge in [0.25, 0.3) is 0 Å². The molecule has 2 aromatic heterocycles. The summed E-state index contributed by atoms with van der Waals surface area (Å²) < 4.78 is 1.77. The van der Waals surface area contributed by atoms with Crippen molar-refractivity contribution >= 4 is 17.8 Å². The summed E-state index contributed by atoms with van der Waals surface area (Å²) in [5.41, 5.74) is 1.17. The lowest BCUT2D eigenvalue weighted by Gasteiger charge is -2.34. The van der Waals surface area contributed by atoms with Crippen molar-refractivity contribution in [2.45, 2.75) is 26.3 Å². The van der Waals surface area contributed by atoms with Crippen LogP contribution in [0, 0.1) is 11.8 Å². The van der Waals surface area contributed by atoms with Crippen molar-refractivity contribution in [2.75, 3.05) is 18.4 Å². The van der Waals surface area contributed by atoms with Gasteiger partial charge >= 0.3 is 12.0 Å². The zero-order chi connectivity index (χ0) is 18.5. The summed E-state index contributed by atoms with van der Waals surface area (Å²) in [6, 6.07) is 5.36. The molecule has 1 saturated heterocycles. The maximum absolute atomic E-state index is 12.4. The van der Waals surface area contributed by atoms with E-state index in [1.54, 1.807) is 28.0 Å². The molecule has 1 fully saturated rings. The van der Waals surface area contributed by atoms with Crippen molar-refractivity contribution in [1.29, 1.82) is 0 Å². The number of carbonyl (C=O) groups excluding carboxylic acids is 1. The first-order valence-corrected chi connectivity index (χ1v) is 8.72. The van der Waals surface area contributed by atoms with Gasteiger partial charge in [-0.05, 0) is 36.5 Å². The van der Waals surface area contributed by atoms with Gasteiger partial charge in [-0.15, -0.1) is 0 Å². The largest absolute Gasteiger partial charge is 0.481 e. The van der Waals surface area contributed by atoms with E-state index in [4.69, 9.17) is 0 Å². The molecule has 8 nitrogen and oxygen atoms in total. The Bertz CT molecular complexity index is 761. The number of aryl methyl sites for hydroxylation is 2. The summed E-state index contributed by atoms with van der Waals surface area (Å²) in [6.45, 7) is 3.44. The number of amides is 2. The highest BCUT2D eigenvalue weighted by molar-refractivity contribution is 5.88. The van der Waals surface area contributed by atoms with Gasteiger partial charge in [0, 0.05) is 44.3 Å². The molecule has 2 atom stereocenters. The minimum absolute atomic E-state index is 0.161. The lowest BCUT2D eigenvalue weighted by atomic mass is 9.91. The van der Waals surface area contributed by atoms with Crippen LogP contribution in [0.25, 0.3) is 0 Å². The monoisotopic (exact) mass is 357 g/mol. The number of carboxylic acids is 1. The molecule has 0 radical (unpaired) electrons. The molecule has 1 aliphatic heterocycles. The third kappa shape index (κ3) is 4.59. The number of piperidine rings is 1. The molecule has 0 aliphatic carbocycles. The van der Waals surface area contributed by atoms with Crippen LogP contribution in [0.2, 0.25) is 0 Å². The van der Waals surface area contributed by atoms with E-state index >= 15 is 0 Å². The molecule has 3 rings (SSSR count). The molecule has 8 heteroatoms. The number of aliphatic carboxylic acids is 1. The third-order valence-corrected chi connectivity index (χ3v) is 4.55. The van der Waals surface area contributed by atoms with E-state index in [-0.39, 0.29) is 18.5 Å². The fourth-order valence-electron chi connectivity index (χ4n) is 3.23. The maximum Gasteiger partial charge on any atom is 0.323 e. The van der Waals surface area contributed by atoms with Crippen LogP contribution in [0.5, 0.6) is 0 Å². The molecule has 0 aromatic carbocycles. The predicted octanol–water partition coefficient (Wildman–Crippen LogP) is 2.10. The number of hydrogen-bond acceptors (Lipinski definition) is 4. The Labute approximate surface area is 151 Å². The molecule has 3 heterocycles. The van der Waals surface area contributed by atoms with Crippen LogP contribution in [0.15, 0.2) is 36.8 Å². The first kappa shape index (κ1) is 17.9. The molecule has 138 valence electrons. The number of aromatic nitrogens is 3. The molecule has 2 aromatic rings. The first-order valence-electron chi connectivity index (χ1n) is 8.72. The van der Waals surface area contributed by atoms with Crippen LogP contribution in [-0.2, 0) is 17.8 Å². The second kappa shape index (κ2) is 7.99. The summed E-state index contributed by atoms with van der Waals surface area (Å²) in [5, 5.41) is 16.3. The Morgan fingerprint density at radius 1 is 1.27 bits per heavy atom. The van der Waals surface area contributed by atoms with Crippen LogP contribution in [0.1, 0.15) is 18.9 Å². The van der Waals surface area contributed by atoms with Gasteiger partial charge in [-0.1, -0.05) is 6.92 Å². The molecule has 2 unspecified atom stereocenters. The number of rotatable bonds is 5. The second-order valence-electron chi connectivity index (χ2n) is 6.78. The molecule has 0 spiro atoms. The molecule has 2 amide bonds. The van der Waals surface area contributed by atoms with Crippen molar-refractivity contribution in [2.24, 2.45) is 11.8 Å². The van der Waals surface area contributed by atoms with Crippen LogP contribution in [0.4, 0.5) is 10.6 Å². The summed E-state index contributed by atoms with van der Waals surface area (Å²) in [5.74, 6) is -0.736. The van der Waals surface area contributed by atoms with Gasteiger partial charge in [0.2, 0.25) is 0 Å². The number of nitrogens with zero attached hydrogens (tertiary/aromatic N) is 4. The van der Waals surface area contributed by atoms with Gasteiger partial charge in [-0.2, -0.15) is 5.10 Å². The van der Waals surface area contributed by atoms with Crippen molar-refractivity contribution < 1.29 is 14.7 Å². The van der Waals surface area contributed by atoms with E-state index in [9.17, 15) is 14.7 Å². The number of pyridine rings is 1. The topological polar surface area (TPSA) is 100 Å². The Balaban J connectivity index is 1.54. The molecule has 26 heavy (non-hydrogen) atoms. The molecule has 0 bridgehead atoms. The number of urea groups is 1. The summed E-state index contributed by atoms with van der Waals surface area (Å²) >= 11 is 0. The van der Waals surface area contributed by atoms with Crippen molar-refractivity contribution in [3.63, 3.8) is 0 Å². The highest BCUT2D eigenvalue weighted by Gasteiger charge is 2.32. The number of hydrogen-bond donors (Lipinski definition) is 2. The van der Waals surface area contributed by atoms with E-state index in [0.29, 0.717) is 25.3 Å². The van der Waals surface area contributed by atoms with Crippen LogP contribution < -0.4 is 5.32 Å². The number of carbonyl (C=O) groups is 2. The Hall–Kier alpha value is -2.90. The van der Waals surface area contributed by atoms with E-state index in [1.807, 2.05) is 25.3 Å². The highest BCUT2D eigenvalue weighted by atomic mass is 16.4. The Morgan fingerprint density at radius 3 is 2.77 bits per heavy atom. The van der Waals surface area contributed by atoms with Crippen LogP contribution >= 0.6 is 0 Å². The van der Waals surface area contributed by atoms with Gasteiger partial charge in [0.15, 0.2) is 5.82 Å². The second-order valence-corrected chi connectivity index (χ2v) is 6.78. The van der Waals surface area contributed by atoms with Gasteiger partial charge in [-0.25, -0.2) is 4.79 Å². The summed E-state index contributed by atoms with van der Waals surface area (Å²) in [4.78, 5) is 29.2. The van der Waals surface area contributed by atoms with Crippen molar-refractivity contribution in [1.82, 2.24) is 19.7 Å². The molecule has 2 N–H and O–H groups in total. The van der Waals surface area contributed by atoms with Gasteiger partial charge in [0.05, 0.1) is 5.92 Å². The molecule has 1 aliphatic rings. The third-order valence-electron chi connectivity index (χ3n) is 4.55.